The van der Waals surface area contributed by atoms with E-state index in [1.807, 2.05) is 44.7 Å². The summed E-state index contributed by atoms with van der Waals surface area (Å²) in [5.41, 5.74) is 4.84. The van der Waals surface area contributed by atoms with Gasteiger partial charge in [-0.25, -0.2) is 23.1 Å². The molecule has 12 nitrogen and oxygen atoms in total. The van der Waals surface area contributed by atoms with Crippen molar-refractivity contribution in [3.05, 3.63) is 59.9 Å². The van der Waals surface area contributed by atoms with Crippen molar-refractivity contribution >= 4 is 21.5 Å². The Morgan fingerprint density at radius 3 is 2.48 bits per heavy atom. The lowest BCUT2D eigenvalue weighted by Gasteiger charge is -2.37. The summed E-state index contributed by atoms with van der Waals surface area (Å²) in [4.78, 5) is 9.52. The molecule has 5 heterocycles. The second-order valence-electron chi connectivity index (χ2n) is 10.4. The van der Waals surface area contributed by atoms with Crippen molar-refractivity contribution < 1.29 is 13.2 Å². The lowest BCUT2D eigenvalue weighted by Crippen LogP contribution is -2.53. The second-order valence-corrected chi connectivity index (χ2v) is 12.4. The second kappa shape index (κ2) is 10.9. The van der Waals surface area contributed by atoms with E-state index in [1.165, 1.54) is 16.2 Å². The first-order valence-corrected chi connectivity index (χ1v) is 15.4. The number of hydrogen-bond donors (Lipinski definition) is 0. The van der Waals surface area contributed by atoms with Gasteiger partial charge in [0, 0.05) is 76.8 Å². The summed E-state index contributed by atoms with van der Waals surface area (Å²) in [6.07, 6.45) is 3.18. The molecular weight excluding hydrogens is 530 g/mol. The number of piperazine rings is 1. The number of aryl methyl sites for hydroxylation is 1. The number of fused-ring (bicyclic) bond motifs is 1. The Labute approximate surface area is 234 Å². The predicted molar refractivity (Wildman–Crippen MR) is 153 cm³/mol. The number of aromatic nitrogens is 5. The Hall–Kier alpha value is -3.36. The van der Waals surface area contributed by atoms with Crippen molar-refractivity contribution in [2.45, 2.75) is 13.5 Å². The van der Waals surface area contributed by atoms with E-state index < -0.39 is 10.0 Å². The average Bonchev–Trinajstić information content (AvgIpc) is 3.60. The molecule has 0 atom stereocenters. The number of benzene rings is 1. The van der Waals surface area contributed by atoms with Gasteiger partial charge in [-0.1, -0.05) is 23.8 Å². The monoisotopic (exact) mass is 565 g/mol. The van der Waals surface area contributed by atoms with Crippen LogP contribution in [0.15, 0.2) is 48.7 Å². The third-order valence-corrected chi connectivity index (χ3v) is 8.72. The third kappa shape index (κ3) is 5.60. The molecule has 0 N–H and O–H groups in total. The molecule has 1 aromatic carbocycles. The van der Waals surface area contributed by atoms with Crippen LogP contribution >= 0.6 is 0 Å². The third-order valence-electron chi connectivity index (χ3n) is 7.53. The van der Waals surface area contributed by atoms with Crippen molar-refractivity contribution in [3.8, 4) is 17.1 Å². The highest BCUT2D eigenvalue weighted by Gasteiger charge is 2.26. The molecule has 0 radical (unpaired) electrons. The van der Waals surface area contributed by atoms with Crippen LogP contribution in [0.1, 0.15) is 11.3 Å². The Kier molecular flexibility index (Phi) is 7.31. The number of rotatable bonds is 7. The van der Waals surface area contributed by atoms with E-state index >= 15 is 0 Å². The first-order chi connectivity index (χ1) is 19.2. The zero-order valence-corrected chi connectivity index (χ0v) is 24.0. The Morgan fingerprint density at radius 1 is 0.975 bits per heavy atom. The smallest absolute Gasteiger partial charge is 0.223 e. The van der Waals surface area contributed by atoms with Crippen molar-refractivity contribution in [1.29, 1.82) is 0 Å². The topological polar surface area (TPSA) is 104 Å². The van der Waals surface area contributed by atoms with Crippen LogP contribution in [0.2, 0.25) is 0 Å². The fourth-order valence-corrected chi connectivity index (χ4v) is 5.81. The van der Waals surface area contributed by atoms with Crippen molar-refractivity contribution in [2.24, 2.45) is 0 Å². The summed E-state index contributed by atoms with van der Waals surface area (Å²) in [5, 5.41) is 11.7. The van der Waals surface area contributed by atoms with Crippen LogP contribution in [0.5, 0.6) is 0 Å². The Morgan fingerprint density at radius 2 is 1.75 bits per heavy atom. The van der Waals surface area contributed by atoms with Gasteiger partial charge in [0.25, 0.3) is 0 Å². The van der Waals surface area contributed by atoms with Crippen molar-refractivity contribution in [2.75, 3.05) is 70.7 Å². The van der Waals surface area contributed by atoms with E-state index in [9.17, 15) is 8.42 Å². The summed E-state index contributed by atoms with van der Waals surface area (Å²) < 4.78 is 34.5. The van der Waals surface area contributed by atoms with Gasteiger partial charge >= 0.3 is 0 Å². The summed E-state index contributed by atoms with van der Waals surface area (Å²) in [7, 11) is -1.65. The molecule has 6 rings (SSSR count). The summed E-state index contributed by atoms with van der Waals surface area (Å²) >= 11 is 0. The van der Waals surface area contributed by atoms with Gasteiger partial charge in [-0.3, -0.25) is 4.90 Å². The van der Waals surface area contributed by atoms with Gasteiger partial charge in [-0.2, -0.15) is 14.7 Å². The van der Waals surface area contributed by atoms with Gasteiger partial charge in [0.05, 0.1) is 30.9 Å². The van der Waals surface area contributed by atoms with Crippen molar-refractivity contribution in [3.63, 3.8) is 0 Å². The number of hydrogen-bond acceptors (Lipinski definition) is 9. The van der Waals surface area contributed by atoms with E-state index in [-0.39, 0.29) is 0 Å². The SMILES string of the molecule is Cc1cccc(-c2ccn(-c3cc(N4CCOCC4)n4nc(CN5CCN(N(C)S(C)(=O)=O)CC5)cc4n3)n2)c1. The van der Waals surface area contributed by atoms with E-state index in [0.29, 0.717) is 32.8 Å². The molecule has 2 aliphatic rings. The Balaban J connectivity index is 1.27. The van der Waals surface area contributed by atoms with E-state index in [2.05, 4.69) is 34.9 Å². The number of morpholine rings is 1. The zero-order valence-electron chi connectivity index (χ0n) is 23.1. The van der Waals surface area contributed by atoms with Crippen LogP contribution in [0.25, 0.3) is 22.7 Å². The van der Waals surface area contributed by atoms with E-state index in [1.54, 1.807) is 7.05 Å². The molecule has 0 saturated carbocycles. The molecule has 212 valence electrons. The van der Waals surface area contributed by atoms with Crippen LogP contribution in [-0.2, 0) is 21.3 Å². The van der Waals surface area contributed by atoms with Crippen LogP contribution in [0.4, 0.5) is 5.82 Å². The summed E-state index contributed by atoms with van der Waals surface area (Å²) in [6.45, 7) is 8.40. The fourth-order valence-electron chi connectivity index (χ4n) is 5.23. The molecule has 0 bridgehead atoms. The van der Waals surface area contributed by atoms with Gasteiger partial charge in [0.15, 0.2) is 11.5 Å². The largest absolute Gasteiger partial charge is 0.378 e. The molecular formula is C27H35N9O3S. The number of ether oxygens (including phenoxy) is 1. The van der Waals surface area contributed by atoms with Gasteiger partial charge < -0.3 is 9.64 Å². The molecule has 2 saturated heterocycles. The zero-order chi connectivity index (χ0) is 27.9. The van der Waals surface area contributed by atoms with Gasteiger partial charge in [-0.15, -0.1) is 4.41 Å². The molecule has 2 fully saturated rings. The van der Waals surface area contributed by atoms with E-state index in [0.717, 1.165) is 60.4 Å². The standard InChI is InChI=1S/C27H35N9O3S/c1-21-5-4-6-22(17-21)24-7-8-35(30-24)25-19-27(33-13-15-39-16-14-33)36-26(28-25)18-23(29-36)20-32-9-11-34(12-10-32)31(2)40(3,37)38/h4-8,17-19H,9-16,20H2,1-3H3. The van der Waals surface area contributed by atoms with Crippen LogP contribution < -0.4 is 4.90 Å². The van der Waals surface area contributed by atoms with Gasteiger partial charge in [0.1, 0.15) is 5.82 Å². The molecule has 3 aromatic heterocycles. The molecule has 40 heavy (non-hydrogen) atoms. The minimum absolute atomic E-state index is 0.640. The number of hydrazine groups is 1. The molecule has 0 aliphatic carbocycles. The average molecular weight is 566 g/mol. The first-order valence-electron chi connectivity index (χ1n) is 13.5. The first kappa shape index (κ1) is 26.8. The molecule has 2 aliphatic heterocycles. The maximum atomic E-state index is 11.9. The van der Waals surface area contributed by atoms with Crippen LogP contribution in [0, 0.1) is 6.92 Å². The highest BCUT2D eigenvalue weighted by atomic mass is 32.2. The molecule has 0 spiro atoms. The van der Waals surface area contributed by atoms with Gasteiger partial charge in [-0.05, 0) is 19.1 Å². The highest BCUT2D eigenvalue weighted by Crippen LogP contribution is 2.24. The lowest BCUT2D eigenvalue weighted by molar-refractivity contribution is 0.0215. The quantitative estimate of drug-likeness (QED) is 0.331. The molecule has 0 unspecified atom stereocenters. The molecule has 4 aromatic rings. The maximum Gasteiger partial charge on any atom is 0.223 e. The number of anilines is 1. The Bertz CT molecular complexity index is 1600. The number of nitrogens with zero attached hydrogens (tertiary/aromatic N) is 9. The minimum Gasteiger partial charge on any atom is -0.378 e. The molecule has 13 heteroatoms. The number of sulfonamides is 1. The van der Waals surface area contributed by atoms with Crippen LogP contribution in [0.3, 0.4) is 0 Å². The highest BCUT2D eigenvalue weighted by molar-refractivity contribution is 7.88. The maximum absolute atomic E-state index is 11.9. The predicted octanol–water partition coefficient (Wildman–Crippen LogP) is 1.65. The molecule has 0 amide bonds. The summed E-state index contributed by atoms with van der Waals surface area (Å²) in [6, 6.07) is 14.4. The lowest BCUT2D eigenvalue weighted by atomic mass is 10.1. The van der Waals surface area contributed by atoms with Gasteiger partial charge in [0.2, 0.25) is 10.0 Å². The van der Waals surface area contributed by atoms with Crippen molar-refractivity contribution in [1.82, 2.24) is 38.7 Å². The fraction of sp³-hybridized carbons (Fsp3) is 0.444. The van der Waals surface area contributed by atoms with Crippen LogP contribution in [-0.4, -0.2) is 113 Å². The minimum atomic E-state index is -3.26. The summed E-state index contributed by atoms with van der Waals surface area (Å²) in [5.74, 6) is 1.69. The van der Waals surface area contributed by atoms with E-state index in [4.69, 9.17) is 19.9 Å². The normalized spacial score (nSPS) is 17.8.